The van der Waals surface area contributed by atoms with Crippen molar-refractivity contribution in [3.05, 3.63) is 39.8 Å². The summed E-state index contributed by atoms with van der Waals surface area (Å²) in [6.45, 7) is 14.8. The zero-order chi connectivity index (χ0) is 37.7. The second-order valence-electron chi connectivity index (χ2n) is 13.0. The Balaban J connectivity index is 2.17. The number of carbonyl (C=O) groups is 5. The van der Waals surface area contributed by atoms with E-state index in [0.717, 1.165) is 40.7 Å². The normalized spacial score (nSPS) is 26.9. The van der Waals surface area contributed by atoms with Gasteiger partial charge in [0.2, 0.25) is 14.6 Å². The topological polar surface area (TPSA) is 225 Å². The van der Waals surface area contributed by atoms with Crippen molar-refractivity contribution >= 4 is 44.0 Å². The van der Waals surface area contributed by atoms with Crippen LogP contribution in [0.1, 0.15) is 67.3 Å². The predicted octanol–water partition coefficient (Wildman–Crippen LogP) is 3.52. The molecule has 3 heterocycles. The first-order chi connectivity index (χ1) is 23.1. The van der Waals surface area contributed by atoms with Crippen LogP contribution < -0.4 is 0 Å². The lowest BCUT2D eigenvalue weighted by molar-refractivity contribution is -0.402. The van der Waals surface area contributed by atoms with Crippen LogP contribution in [0.25, 0.3) is 0 Å². The Morgan fingerprint density at radius 2 is 1.38 bits per heavy atom. The summed E-state index contributed by atoms with van der Waals surface area (Å²) in [4.78, 5) is 71.5. The van der Waals surface area contributed by atoms with Crippen LogP contribution in [-0.2, 0) is 66.3 Å². The summed E-state index contributed by atoms with van der Waals surface area (Å²) >= 11 is 0. The van der Waals surface area contributed by atoms with Crippen LogP contribution >= 0.6 is 0 Å². The zero-order valence-corrected chi connectivity index (χ0v) is 30.4. The van der Waals surface area contributed by atoms with Crippen LogP contribution in [0, 0.1) is 10.1 Å². The summed E-state index contributed by atoms with van der Waals surface area (Å²) in [6.07, 6.45) is -10.4. The Morgan fingerprint density at radius 1 is 0.820 bits per heavy atom. The molecule has 0 aromatic carbocycles. The van der Waals surface area contributed by atoms with Gasteiger partial charge in [-0.3, -0.25) is 34.1 Å². The van der Waals surface area contributed by atoms with E-state index in [0.29, 0.717) is 0 Å². The minimum atomic E-state index is -2.70. The minimum Gasteiger partial charge on any atom is -0.544 e. The summed E-state index contributed by atoms with van der Waals surface area (Å²) in [7, 11) is -2.70. The molecule has 18 nitrogen and oxygen atoms in total. The molecule has 8 atom stereocenters. The molecule has 1 saturated heterocycles. The summed E-state index contributed by atoms with van der Waals surface area (Å²) in [5.41, 5.74) is 0. The SMILES string of the molecule is CC(=O)OC[C@H]1O[C@@H](O[C@@H]2C=C(O[Si](C)(C)C(C)(C)C)[C@H](OC(C)=O)[C@H](c3ccc([N+](=O)[O-])o3)O2)[C@H](OC(C)=O)[C@@H](OC(C)=O)[C@@H]1OC(C)=O. The van der Waals surface area contributed by atoms with Crippen molar-refractivity contribution in [2.45, 2.75) is 123 Å². The summed E-state index contributed by atoms with van der Waals surface area (Å²) in [5.74, 6) is -4.64. The quantitative estimate of drug-likeness (QED) is 0.0986. The van der Waals surface area contributed by atoms with Crippen molar-refractivity contribution in [1.82, 2.24) is 0 Å². The van der Waals surface area contributed by atoms with Crippen LogP contribution in [-0.4, -0.2) is 92.8 Å². The Labute approximate surface area is 288 Å². The molecule has 0 radical (unpaired) electrons. The van der Waals surface area contributed by atoms with Crippen molar-refractivity contribution in [2.75, 3.05) is 6.61 Å². The van der Waals surface area contributed by atoms with E-state index in [1.165, 1.54) is 12.1 Å². The number of nitro groups is 1. The zero-order valence-electron chi connectivity index (χ0n) is 29.4. The van der Waals surface area contributed by atoms with Gasteiger partial charge in [-0.05, 0) is 24.2 Å². The highest BCUT2D eigenvalue weighted by Crippen LogP contribution is 2.43. The van der Waals surface area contributed by atoms with Gasteiger partial charge in [-0.15, -0.1) is 0 Å². The minimum absolute atomic E-state index is 0.0673. The maximum Gasteiger partial charge on any atom is 0.433 e. The number of furan rings is 1. The van der Waals surface area contributed by atoms with E-state index in [2.05, 4.69) is 0 Å². The number of hydrogen-bond acceptors (Lipinski definition) is 17. The standard InChI is InChI=1S/C31H43NO17Si/c1-15(33)40-14-22-27(42-17(3)35)28(43-18(4)36)29(44-19(5)37)30(46-22)48-24-13-21(49-50(9,10)31(6,7)8)26(41-16(2)34)25(47-24)20-11-12-23(45-20)32(38)39/h11-13,22,24-30H,14H2,1-10H3/t22-,24-,25+,26+,27-,28+,29-,30+/m1/s1. The third kappa shape index (κ3) is 10.3. The molecule has 278 valence electrons. The highest BCUT2D eigenvalue weighted by atomic mass is 28.4. The number of nitrogens with zero attached hydrogens (tertiary/aromatic N) is 1. The van der Waals surface area contributed by atoms with E-state index in [4.69, 9.17) is 46.7 Å². The van der Waals surface area contributed by atoms with Crippen molar-refractivity contribution < 1.29 is 75.6 Å². The van der Waals surface area contributed by atoms with E-state index < -0.39 is 105 Å². The van der Waals surface area contributed by atoms with E-state index in [-0.39, 0.29) is 16.6 Å². The van der Waals surface area contributed by atoms with Gasteiger partial charge in [0, 0.05) is 40.7 Å². The lowest BCUT2D eigenvalue weighted by atomic mass is 9.98. The predicted molar refractivity (Wildman–Crippen MR) is 168 cm³/mol. The van der Waals surface area contributed by atoms with Crippen LogP contribution in [0.5, 0.6) is 0 Å². The first kappa shape index (κ1) is 40.1. The largest absolute Gasteiger partial charge is 0.544 e. The molecule has 3 rings (SSSR count). The molecule has 1 aromatic rings. The van der Waals surface area contributed by atoms with Crippen molar-refractivity contribution in [3.63, 3.8) is 0 Å². The third-order valence-corrected chi connectivity index (χ3v) is 12.3. The molecule has 1 fully saturated rings. The molecule has 19 heteroatoms. The Bertz CT molecular complexity index is 1480. The van der Waals surface area contributed by atoms with E-state index >= 15 is 0 Å². The summed E-state index contributed by atoms with van der Waals surface area (Å²) in [5, 5.41) is 11.1. The molecular formula is C31H43NO17Si. The molecule has 0 amide bonds. The Morgan fingerprint density at radius 3 is 1.88 bits per heavy atom. The van der Waals surface area contributed by atoms with Crippen molar-refractivity contribution in [3.8, 4) is 0 Å². The van der Waals surface area contributed by atoms with Crippen LogP contribution in [0.15, 0.2) is 28.4 Å². The maximum atomic E-state index is 12.3. The lowest BCUT2D eigenvalue weighted by Gasteiger charge is -2.45. The molecule has 0 saturated carbocycles. The fourth-order valence-corrected chi connectivity index (χ4v) is 5.86. The lowest BCUT2D eigenvalue weighted by Crippen LogP contribution is -2.63. The fraction of sp³-hybridized carbons (Fsp3) is 0.645. The van der Waals surface area contributed by atoms with E-state index in [9.17, 15) is 34.1 Å². The Hall–Kier alpha value is -4.33. The molecule has 0 unspecified atom stereocenters. The molecule has 0 spiro atoms. The van der Waals surface area contributed by atoms with Gasteiger partial charge < -0.3 is 46.7 Å². The number of esters is 5. The third-order valence-electron chi connectivity index (χ3n) is 7.90. The van der Waals surface area contributed by atoms with Crippen LogP contribution in [0.4, 0.5) is 5.88 Å². The van der Waals surface area contributed by atoms with Gasteiger partial charge in [0.25, 0.3) is 0 Å². The molecule has 1 aromatic heterocycles. The molecular weight excluding hydrogens is 686 g/mol. The smallest absolute Gasteiger partial charge is 0.433 e. The second kappa shape index (κ2) is 16.1. The number of rotatable bonds is 12. The second-order valence-corrected chi connectivity index (χ2v) is 17.7. The molecule has 0 aliphatic carbocycles. The van der Waals surface area contributed by atoms with E-state index in [1.807, 2.05) is 33.9 Å². The molecule has 2 aliphatic rings. The summed E-state index contributed by atoms with van der Waals surface area (Å²) < 4.78 is 57.5. The van der Waals surface area contributed by atoms with Gasteiger partial charge in [-0.2, -0.15) is 0 Å². The van der Waals surface area contributed by atoms with Gasteiger partial charge in [0.1, 0.15) is 29.2 Å². The van der Waals surface area contributed by atoms with Crippen LogP contribution in [0.2, 0.25) is 18.1 Å². The summed E-state index contributed by atoms with van der Waals surface area (Å²) in [6, 6.07) is 2.35. The first-order valence-corrected chi connectivity index (χ1v) is 18.4. The molecule has 0 N–H and O–H groups in total. The average molecular weight is 730 g/mol. The maximum absolute atomic E-state index is 12.3. The van der Waals surface area contributed by atoms with Gasteiger partial charge in [0.05, 0.1) is 6.07 Å². The number of hydrogen-bond donors (Lipinski definition) is 0. The van der Waals surface area contributed by atoms with Gasteiger partial charge in [0.15, 0.2) is 36.8 Å². The van der Waals surface area contributed by atoms with E-state index in [1.54, 1.807) is 0 Å². The molecule has 0 bridgehead atoms. The highest BCUT2D eigenvalue weighted by Gasteiger charge is 2.54. The highest BCUT2D eigenvalue weighted by molar-refractivity contribution is 6.74. The van der Waals surface area contributed by atoms with Crippen molar-refractivity contribution in [1.29, 1.82) is 0 Å². The monoisotopic (exact) mass is 729 g/mol. The first-order valence-electron chi connectivity index (χ1n) is 15.5. The van der Waals surface area contributed by atoms with Crippen molar-refractivity contribution in [2.24, 2.45) is 0 Å². The number of carbonyl (C=O) groups excluding carboxylic acids is 5. The molecule has 50 heavy (non-hydrogen) atoms. The average Bonchev–Trinajstić information content (AvgIpc) is 3.45. The van der Waals surface area contributed by atoms with Gasteiger partial charge in [-0.1, -0.05) is 20.8 Å². The fourth-order valence-electron chi connectivity index (χ4n) is 4.78. The van der Waals surface area contributed by atoms with Gasteiger partial charge in [-0.25, -0.2) is 0 Å². The molecule has 2 aliphatic heterocycles. The van der Waals surface area contributed by atoms with Gasteiger partial charge >= 0.3 is 35.7 Å². The number of ether oxygens (including phenoxy) is 8. The Kier molecular flexibility index (Phi) is 12.9. The van der Waals surface area contributed by atoms with Crippen LogP contribution in [0.3, 0.4) is 0 Å².